The summed E-state index contributed by atoms with van der Waals surface area (Å²) in [4.78, 5) is 12.5. The molecule has 4 nitrogen and oxygen atoms in total. The zero-order valence-electron chi connectivity index (χ0n) is 9.68. The van der Waals surface area contributed by atoms with E-state index in [0.717, 1.165) is 5.56 Å². The molecule has 0 saturated carbocycles. The monoisotopic (exact) mass is 223 g/mol. The number of amides is 1. The summed E-state index contributed by atoms with van der Waals surface area (Å²) in [6.07, 6.45) is -0.344. The van der Waals surface area contributed by atoms with Gasteiger partial charge in [0.15, 0.2) is 0 Å². The van der Waals surface area contributed by atoms with Gasteiger partial charge in [-0.3, -0.25) is 0 Å². The Hall–Kier alpha value is -1.55. The summed E-state index contributed by atoms with van der Waals surface area (Å²) in [6, 6.07) is 9.92. The van der Waals surface area contributed by atoms with E-state index < -0.39 is 0 Å². The minimum absolute atomic E-state index is 0.344. The average Bonchev–Trinajstić information content (AvgIpc) is 2.34. The van der Waals surface area contributed by atoms with Gasteiger partial charge >= 0.3 is 6.09 Å². The van der Waals surface area contributed by atoms with Gasteiger partial charge in [-0.2, -0.15) is 0 Å². The number of nitrogens with zero attached hydrogens (tertiary/aromatic N) is 1. The molecule has 1 amide bonds. The number of hydrogen-bond acceptors (Lipinski definition) is 3. The van der Waals surface area contributed by atoms with E-state index in [1.807, 2.05) is 30.3 Å². The van der Waals surface area contributed by atoms with Crippen molar-refractivity contribution in [3.8, 4) is 0 Å². The first kappa shape index (κ1) is 12.5. The Morgan fingerprint density at radius 2 is 2.00 bits per heavy atom. The van der Waals surface area contributed by atoms with Crippen LogP contribution >= 0.6 is 0 Å². The van der Waals surface area contributed by atoms with Gasteiger partial charge in [0.1, 0.15) is 0 Å². The normalized spacial score (nSPS) is 9.88. The standard InChI is InChI=1S/C12H17NO3/c1-13(12(14)15-2)8-9-16-10-11-6-4-3-5-7-11/h3-7H,8-10H2,1-2H3. The maximum atomic E-state index is 11.0. The smallest absolute Gasteiger partial charge is 0.409 e. The topological polar surface area (TPSA) is 38.8 Å². The van der Waals surface area contributed by atoms with Gasteiger partial charge in [0.05, 0.1) is 20.3 Å². The summed E-state index contributed by atoms with van der Waals surface area (Å²) in [7, 11) is 3.04. The van der Waals surface area contributed by atoms with Crippen molar-refractivity contribution in [2.45, 2.75) is 6.61 Å². The number of hydrogen-bond donors (Lipinski definition) is 0. The molecule has 0 aliphatic heterocycles. The second-order valence-corrected chi connectivity index (χ2v) is 3.43. The van der Waals surface area contributed by atoms with Crippen LogP contribution in [0.3, 0.4) is 0 Å². The molecule has 4 heteroatoms. The molecule has 1 aromatic rings. The van der Waals surface area contributed by atoms with E-state index in [1.165, 1.54) is 12.0 Å². The molecule has 1 rings (SSSR count). The molecule has 0 atom stereocenters. The van der Waals surface area contributed by atoms with E-state index >= 15 is 0 Å². The fourth-order valence-electron chi connectivity index (χ4n) is 1.21. The fraction of sp³-hybridized carbons (Fsp3) is 0.417. The first-order valence-corrected chi connectivity index (χ1v) is 5.15. The molecule has 0 heterocycles. The molecule has 0 radical (unpaired) electrons. The van der Waals surface area contributed by atoms with Crippen LogP contribution in [0.25, 0.3) is 0 Å². The molecule has 0 unspecified atom stereocenters. The largest absolute Gasteiger partial charge is 0.453 e. The van der Waals surface area contributed by atoms with Crippen molar-refractivity contribution in [2.75, 3.05) is 27.3 Å². The molecule has 0 spiro atoms. The van der Waals surface area contributed by atoms with Crippen molar-refractivity contribution >= 4 is 6.09 Å². The molecule has 0 saturated heterocycles. The van der Waals surface area contributed by atoms with E-state index in [1.54, 1.807) is 7.05 Å². The minimum atomic E-state index is -0.344. The molecule has 1 aromatic carbocycles. The van der Waals surface area contributed by atoms with Gasteiger partial charge in [0.25, 0.3) is 0 Å². The Morgan fingerprint density at radius 3 is 2.62 bits per heavy atom. The summed E-state index contributed by atoms with van der Waals surface area (Å²) >= 11 is 0. The quantitative estimate of drug-likeness (QED) is 0.716. The number of methoxy groups -OCH3 is 1. The molecule has 0 bridgehead atoms. The van der Waals surface area contributed by atoms with Crippen LogP contribution in [0, 0.1) is 0 Å². The van der Waals surface area contributed by atoms with Gasteiger partial charge < -0.3 is 14.4 Å². The maximum Gasteiger partial charge on any atom is 0.409 e. The van der Waals surface area contributed by atoms with Gasteiger partial charge in [-0.1, -0.05) is 30.3 Å². The third-order valence-corrected chi connectivity index (χ3v) is 2.17. The summed E-state index contributed by atoms with van der Waals surface area (Å²) in [5, 5.41) is 0. The number of carbonyl (C=O) groups is 1. The first-order chi connectivity index (χ1) is 7.74. The van der Waals surface area contributed by atoms with E-state index in [2.05, 4.69) is 4.74 Å². The summed E-state index contributed by atoms with van der Waals surface area (Å²) in [5.74, 6) is 0. The molecule has 0 fully saturated rings. The van der Waals surface area contributed by atoms with Gasteiger partial charge in [0.2, 0.25) is 0 Å². The van der Waals surface area contributed by atoms with Crippen LogP contribution in [0.1, 0.15) is 5.56 Å². The zero-order valence-corrected chi connectivity index (χ0v) is 9.68. The van der Waals surface area contributed by atoms with E-state index in [4.69, 9.17) is 4.74 Å². The molecule has 0 aliphatic carbocycles. The van der Waals surface area contributed by atoms with E-state index in [-0.39, 0.29) is 6.09 Å². The van der Waals surface area contributed by atoms with Crippen molar-refractivity contribution < 1.29 is 14.3 Å². The molecular formula is C12H17NO3. The summed E-state index contributed by atoms with van der Waals surface area (Å²) in [5.41, 5.74) is 1.13. The highest BCUT2D eigenvalue weighted by molar-refractivity contribution is 5.66. The van der Waals surface area contributed by atoms with Crippen LogP contribution in [0.4, 0.5) is 4.79 Å². The lowest BCUT2D eigenvalue weighted by Gasteiger charge is -2.15. The van der Waals surface area contributed by atoms with E-state index in [0.29, 0.717) is 19.8 Å². The zero-order chi connectivity index (χ0) is 11.8. The van der Waals surface area contributed by atoms with Gasteiger partial charge in [0, 0.05) is 13.6 Å². The predicted molar refractivity (Wildman–Crippen MR) is 61.1 cm³/mol. The molecule has 0 aromatic heterocycles. The molecular weight excluding hydrogens is 206 g/mol. The Kier molecular flexibility index (Phi) is 5.36. The van der Waals surface area contributed by atoms with Gasteiger partial charge in [-0.15, -0.1) is 0 Å². The van der Waals surface area contributed by atoms with Crippen LogP contribution in [0.5, 0.6) is 0 Å². The van der Waals surface area contributed by atoms with Crippen LogP contribution < -0.4 is 0 Å². The fourth-order valence-corrected chi connectivity index (χ4v) is 1.21. The minimum Gasteiger partial charge on any atom is -0.453 e. The van der Waals surface area contributed by atoms with E-state index in [9.17, 15) is 4.79 Å². The molecule has 88 valence electrons. The third-order valence-electron chi connectivity index (χ3n) is 2.17. The number of rotatable bonds is 5. The lowest BCUT2D eigenvalue weighted by Crippen LogP contribution is -2.29. The second-order valence-electron chi connectivity index (χ2n) is 3.43. The lowest BCUT2D eigenvalue weighted by molar-refractivity contribution is 0.0869. The van der Waals surface area contributed by atoms with Gasteiger partial charge in [-0.05, 0) is 5.56 Å². The molecule has 16 heavy (non-hydrogen) atoms. The van der Waals surface area contributed by atoms with Crippen LogP contribution in [-0.4, -0.2) is 38.3 Å². The SMILES string of the molecule is COC(=O)N(C)CCOCc1ccccc1. The number of likely N-dealkylation sites (N-methyl/N-ethyl adjacent to an activating group) is 1. The van der Waals surface area contributed by atoms with Crippen LogP contribution in [0.15, 0.2) is 30.3 Å². The predicted octanol–water partition coefficient (Wildman–Crippen LogP) is 1.90. The highest BCUT2D eigenvalue weighted by atomic mass is 16.5. The first-order valence-electron chi connectivity index (χ1n) is 5.15. The third kappa shape index (κ3) is 4.31. The van der Waals surface area contributed by atoms with Crippen molar-refractivity contribution in [3.05, 3.63) is 35.9 Å². The number of carbonyl (C=O) groups excluding carboxylic acids is 1. The molecule has 0 aliphatic rings. The number of ether oxygens (including phenoxy) is 2. The van der Waals surface area contributed by atoms with Crippen LogP contribution in [0.2, 0.25) is 0 Å². The maximum absolute atomic E-state index is 11.0. The summed E-state index contributed by atoms with van der Waals surface area (Å²) in [6.45, 7) is 1.59. The highest BCUT2D eigenvalue weighted by Gasteiger charge is 2.06. The average molecular weight is 223 g/mol. The van der Waals surface area contributed by atoms with Gasteiger partial charge in [-0.25, -0.2) is 4.79 Å². The lowest BCUT2D eigenvalue weighted by atomic mass is 10.2. The Morgan fingerprint density at radius 1 is 1.31 bits per heavy atom. The number of benzene rings is 1. The Bertz CT molecular complexity index is 313. The molecule has 0 N–H and O–H groups in total. The van der Waals surface area contributed by atoms with Crippen molar-refractivity contribution in [1.82, 2.24) is 4.90 Å². The van der Waals surface area contributed by atoms with Crippen molar-refractivity contribution in [3.63, 3.8) is 0 Å². The van der Waals surface area contributed by atoms with Crippen molar-refractivity contribution in [1.29, 1.82) is 0 Å². The highest BCUT2D eigenvalue weighted by Crippen LogP contribution is 2.00. The Balaban J connectivity index is 2.15. The second kappa shape index (κ2) is 6.85. The Labute approximate surface area is 95.8 Å². The van der Waals surface area contributed by atoms with Crippen molar-refractivity contribution in [2.24, 2.45) is 0 Å². The summed E-state index contributed by atoms with van der Waals surface area (Å²) < 4.78 is 9.99. The van der Waals surface area contributed by atoms with Crippen LogP contribution in [-0.2, 0) is 16.1 Å².